The van der Waals surface area contributed by atoms with Gasteiger partial charge in [-0.3, -0.25) is 14.4 Å². The van der Waals surface area contributed by atoms with E-state index in [0.717, 1.165) is 109 Å². The lowest BCUT2D eigenvalue weighted by Gasteiger charge is -2.18. The van der Waals surface area contributed by atoms with Gasteiger partial charge in [0.25, 0.3) is 0 Å². The van der Waals surface area contributed by atoms with Crippen LogP contribution in [-0.2, 0) is 28.6 Å². The summed E-state index contributed by atoms with van der Waals surface area (Å²) in [7, 11) is 0. The number of carbonyl (C=O) groups excluding carboxylic acids is 3. The molecule has 76 heavy (non-hydrogen) atoms. The number of allylic oxidation sites excluding steroid dienone is 14. The molecule has 0 N–H and O–H groups in total. The molecule has 0 aliphatic heterocycles. The molecular formula is C70H122O6. The highest BCUT2D eigenvalue weighted by atomic mass is 16.6. The second-order valence-electron chi connectivity index (χ2n) is 21.6. The van der Waals surface area contributed by atoms with Crippen molar-refractivity contribution in [2.24, 2.45) is 0 Å². The van der Waals surface area contributed by atoms with Crippen molar-refractivity contribution >= 4 is 17.9 Å². The molecule has 0 aliphatic rings. The Bertz CT molecular complexity index is 1450. The zero-order valence-corrected chi connectivity index (χ0v) is 50.3. The van der Waals surface area contributed by atoms with E-state index in [2.05, 4.69) is 106 Å². The Morgan fingerprint density at radius 2 is 0.513 bits per heavy atom. The first-order valence-corrected chi connectivity index (χ1v) is 32.6. The first-order chi connectivity index (χ1) is 37.5. The van der Waals surface area contributed by atoms with Crippen LogP contribution in [0, 0.1) is 0 Å². The fraction of sp³-hybridized carbons (Fsp3) is 0.757. The molecule has 0 aliphatic carbocycles. The van der Waals surface area contributed by atoms with Gasteiger partial charge in [-0.25, -0.2) is 0 Å². The van der Waals surface area contributed by atoms with Crippen LogP contribution in [0.4, 0.5) is 0 Å². The number of hydrogen-bond acceptors (Lipinski definition) is 6. The minimum absolute atomic E-state index is 0.0757. The number of ether oxygens (including phenoxy) is 3. The molecule has 0 bridgehead atoms. The predicted molar refractivity (Wildman–Crippen MR) is 330 cm³/mol. The third-order valence-electron chi connectivity index (χ3n) is 14.1. The van der Waals surface area contributed by atoms with Crippen LogP contribution in [0.25, 0.3) is 0 Å². The van der Waals surface area contributed by atoms with Gasteiger partial charge in [0.15, 0.2) is 6.10 Å². The maximum Gasteiger partial charge on any atom is 0.306 e. The summed E-state index contributed by atoms with van der Waals surface area (Å²) in [5, 5.41) is 0. The van der Waals surface area contributed by atoms with Crippen LogP contribution in [0.5, 0.6) is 0 Å². The standard InChI is InChI=1S/C70H122O6/c1-4-7-10-13-15-17-19-21-23-25-27-28-29-30-31-32-33-34-35-36-37-38-39-40-41-42-43-45-46-48-50-52-54-57-60-63-69(72)75-66-67(65-74-68(71)62-59-56-12-9-6-3)76-70(73)64-61-58-55-53-51-49-47-44-26-24-22-20-18-16-14-11-8-5-2/h7,10,15,17-18,20-21,23-24,26-28,30-31,67H,4-6,8-9,11-14,16,19,22,25,29,32-66H2,1-3H3/b10-7-,17-15-,20-18-,23-21-,26-24-,28-27-,31-30-. The molecule has 0 rings (SSSR count). The molecule has 0 heterocycles. The molecule has 0 radical (unpaired) electrons. The zero-order valence-electron chi connectivity index (χ0n) is 50.3. The van der Waals surface area contributed by atoms with Crippen molar-refractivity contribution < 1.29 is 28.6 Å². The van der Waals surface area contributed by atoms with Crippen LogP contribution in [0.1, 0.15) is 323 Å². The summed E-state index contributed by atoms with van der Waals surface area (Å²) in [5.74, 6) is -0.885. The van der Waals surface area contributed by atoms with Gasteiger partial charge >= 0.3 is 17.9 Å². The second kappa shape index (κ2) is 64.1. The third kappa shape index (κ3) is 61.4. The summed E-state index contributed by atoms with van der Waals surface area (Å²) in [6, 6.07) is 0. The Labute approximate surface area is 471 Å². The molecule has 0 aromatic carbocycles. The lowest BCUT2D eigenvalue weighted by atomic mass is 10.0. The van der Waals surface area contributed by atoms with Crippen molar-refractivity contribution in [3.63, 3.8) is 0 Å². The monoisotopic (exact) mass is 1060 g/mol. The van der Waals surface area contributed by atoms with Gasteiger partial charge in [0, 0.05) is 19.3 Å². The quantitative estimate of drug-likeness (QED) is 0.0261. The second-order valence-corrected chi connectivity index (χ2v) is 21.6. The van der Waals surface area contributed by atoms with Crippen LogP contribution in [-0.4, -0.2) is 37.2 Å². The Hall–Kier alpha value is -3.41. The van der Waals surface area contributed by atoms with Gasteiger partial charge in [0.2, 0.25) is 0 Å². The van der Waals surface area contributed by atoms with Crippen molar-refractivity contribution in [3.8, 4) is 0 Å². The van der Waals surface area contributed by atoms with E-state index in [1.165, 1.54) is 173 Å². The Morgan fingerprint density at radius 1 is 0.276 bits per heavy atom. The van der Waals surface area contributed by atoms with Crippen molar-refractivity contribution in [1.82, 2.24) is 0 Å². The van der Waals surface area contributed by atoms with Crippen LogP contribution in [0.2, 0.25) is 0 Å². The molecule has 0 aromatic rings. The van der Waals surface area contributed by atoms with Gasteiger partial charge in [-0.15, -0.1) is 0 Å². The summed E-state index contributed by atoms with van der Waals surface area (Å²) in [6.07, 6.45) is 85.1. The highest BCUT2D eigenvalue weighted by molar-refractivity contribution is 5.71. The van der Waals surface area contributed by atoms with E-state index in [0.29, 0.717) is 19.3 Å². The van der Waals surface area contributed by atoms with E-state index in [9.17, 15) is 14.4 Å². The highest BCUT2D eigenvalue weighted by Gasteiger charge is 2.19. The van der Waals surface area contributed by atoms with Crippen LogP contribution in [0.3, 0.4) is 0 Å². The SMILES string of the molecule is CC/C=C\C/C=C\C/C=C\C/C=C\C/C=C\CCCCCCCCCCCCCCCCCCCCCC(=O)OCC(COC(=O)CCCCCCC)OC(=O)CCCCCCCCC/C=C\C/C=C\CCCCCC. The van der Waals surface area contributed by atoms with E-state index in [1.807, 2.05) is 0 Å². The summed E-state index contributed by atoms with van der Waals surface area (Å²) in [5.41, 5.74) is 0. The van der Waals surface area contributed by atoms with Gasteiger partial charge in [0.1, 0.15) is 13.2 Å². The van der Waals surface area contributed by atoms with Crippen molar-refractivity contribution in [3.05, 3.63) is 85.1 Å². The lowest BCUT2D eigenvalue weighted by Crippen LogP contribution is -2.30. The zero-order chi connectivity index (χ0) is 55.0. The maximum atomic E-state index is 12.8. The third-order valence-corrected chi connectivity index (χ3v) is 14.1. The number of hydrogen-bond donors (Lipinski definition) is 0. The highest BCUT2D eigenvalue weighted by Crippen LogP contribution is 2.17. The molecule has 0 amide bonds. The number of rotatable bonds is 59. The smallest absolute Gasteiger partial charge is 0.306 e. The van der Waals surface area contributed by atoms with Crippen molar-refractivity contribution in [2.45, 2.75) is 329 Å². The number of esters is 3. The summed E-state index contributed by atoms with van der Waals surface area (Å²) < 4.78 is 16.8. The molecule has 438 valence electrons. The fourth-order valence-electron chi connectivity index (χ4n) is 9.27. The maximum absolute atomic E-state index is 12.8. The first kappa shape index (κ1) is 72.6. The summed E-state index contributed by atoms with van der Waals surface area (Å²) in [4.78, 5) is 37.9. The van der Waals surface area contributed by atoms with Crippen molar-refractivity contribution in [2.75, 3.05) is 13.2 Å². The molecule has 0 fully saturated rings. The molecular weight excluding hydrogens is 937 g/mol. The van der Waals surface area contributed by atoms with E-state index in [4.69, 9.17) is 14.2 Å². The van der Waals surface area contributed by atoms with Crippen LogP contribution in [0.15, 0.2) is 85.1 Å². The fourth-order valence-corrected chi connectivity index (χ4v) is 9.27. The number of carbonyl (C=O) groups is 3. The average Bonchev–Trinajstić information content (AvgIpc) is 3.42. The van der Waals surface area contributed by atoms with Crippen molar-refractivity contribution in [1.29, 1.82) is 0 Å². The lowest BCUT2D eigenvalue weighted by molar-refractivity contribution is -0.167. The average molecular weight is 1060 g/mol. The number of unbranched alkanes of at least 4 members (excludes halogenated alkanes) is 34. The Morgan fingerprint density at radius 3 is 0.816 bits per heavy atom. The molecule has 0 saturated heterocycles. The summed E-state index contributed by atoms with van der Waals surface area (Å²) in [6.45, 7) is 6.45. The molecule has 0 aromatic heterocycles. The first-order valence-electron chi connectivity index (χ1n) is 32.6. The molecule has 1 atom stereocenters. The summed E-state index contributed by atoms with van der Waals surface area (Å²) >= 11 is 0. The molecule has 6 heteroatoms. The molecule has 6 nitrogen and oxygen atoms in total. The van der Waals surface area contributed by atoms with E-state index < -0.39 is 6.10 Å². The van der Waals surface area contributed by atoms with Gasteiger partial charge in [0.05, 0.1) is 0 Å². The van der Waals surface area contributed by atoms with E-state index in [1.54, 1.807) is 0 Å². The Balaban J connectivity index is 3.93. The minimum atomic E-state index is -0.774. The minimum Gasteiger partial charge on any atom is -0.462 e. The van der Waals surface area contributed by atoms with Crippen LogP contribution < -0.4 is 0 Å². The Kier molecular flexibility index (Phi) is 61.2. The predicted octanol–water partition coefficient (Wildman–Crippen LogP) is 22.3. The van der Waals surface area contributed by atoms with E-state index >= 15 is 0 Å². The molecule has 1 unspecified atom stereocenters. The normalized spacial score (nSPS) is 12.6. The topological polar surface area (TPSA) is 78.9 Å². The van der Waals surface area contributed by atoms with Gasteiger partial charge in [-0.1, -0.05) is 292 Å². The van der Waals surface area contributed by atoms with Gasteiger partial charge < -0.3 is 14.2 Å². The van der Waals surface area contributed by atoms with E-state index in [-0.39, 0.29) is 31.1 Å². The van der Waals surface area contributed by atoms with Gasteiger partial charge in [-0.2, -0.15) is 0 Å². The molecule has 0 spiro atoms. The largest absolute Gasteiger partial charge is 0.462 e. The van der Waals surface area contributed by atoms with Crippen LogP contribution >= 0.6 is 0 Å². The van der Waals surface area contributed by atoms with Gasteiger partial charge in [-0.05, 0) is 96.3 Å². The molecule has 0 saturated carbocycles.